The molecular weight excluding hydrogens is 304 g/mol. The molecule has 0 aliphatic heterocycles. The molecule has 0 aromatic heterocycles. The quantitative estimate of drug-likeness (QED) is 0.455. The number of nitrogens with one attached hydrogen (secondary N) is 2. The Morgan fingerprint density at radius 2 is 1.61 bits per heavy atom. The molecule has 0 amide bonds. The van der Waals surface area contributed by atoms with E-state index in [0.29, 0.717) is 0 Å². The molecule has 1 atom stereocenters. The molecule has 23 heavy (non-hydrogen) atoms. The van der Waals surface area contributed by atoms with Crippen LogP contribution in [0.25, 0.3) is 0 Å². The second-order valence-electron chi connectivity index (χ2n) is 7.06. The van der Waals surface area contributed by atoms with Crippen molar-refractivity contribution in [2.24, 2.45) is 0 Å². The van der Waals surface area contributed by atoms with Gasteiger partial charge in [0.1, 0.15) is 4.75 Å². The Morgan fingerprint density at radius 3 is 2.22 bits per heavy atom. The van der Waals surface area contributed by atoms with Crippen LogP contribution in [0, 0.1) is 0 Å². The number of aryl methyl sites for hydroxylation is 1. The maximum absolute atomic E-state index is 11.8. The average Bonchev–Trinajstić information content (AvgIpc) is 2.52. The van der Waals surface area contributed by atoms with E-state index in [4.69, 9.17) is 0 Å². The molecule has 0 saturated carbocycles. The van der Waals surface area contributed by atoms with Gasteiger partial charge in [-0.25, -0.2) is 0 Å². The van der Waals surface area contributed by atoms with Crippen LogP contribution in [0.2, 0.25) is 0 Å². The van der Waals surface area contributed by atoms with Crippen molar-refractivity contribution in [1.82, 2.24) is 4.72 Å². The van der Waals surface area contributed by atoms with Crippen molar-refractivity contribution in [2.75, 3.05) is 18.4 Å². The summed E-state index contributed by atoms with van der Waals surface area (Å²) in [6.07, 6.45) is 7.05. The SMILES string of the molecule is CCCCc1ccc(NCCCCCN[S+]([O-])C(C)(C)C)cc1. The summed E-state index contributed by atoms with van der Waals surface area (Å²) in [5.74, 6) is 0. The topological polar surface area (TPSA) is 47.1 Å². The van der Waals surface area contributed by atoms with Crippen molar-refractivity contribution in [3.8, 4) is 0 Å². The summed E-state index contributed by atoms with van der Waals surface area (Å²) in [5, 5.41) is 3.47. The Kier molecular flexibility index (Phi) is 9.68. The third-order valence-electron chi connectivity index (χ3n) is 3.74. The van der Waals surface area contributed by atoms with Crippen LogP contribution in [0.3, 0.4) is 0 Å². The van der Waals surface area contributed by atoms with Crippen molar-refractivity contribution >= 4 is 17.0 Å². The van der Waals surface area contributed by atoms with Crippen molar-refractivity contribution in [2.45, 2.75) is 71.0 Å². The fourth-order valence-corrected chi connectivity index (χ4v) is 2.97. The molecule has 0 heterocycles. The van der Waals surface area contributed by atoms with E-state index >= 15 is 0 Å². The molecule has 0 radical (unpaired) electrons. The van der Waals surface area contributed by atoms with E-state index in [-0.39, 0.29) is 4.75 Å². The number of anilines is 1. The highest BCUT2D eigenvalue weighted by Crippen LogP contribution is 2.13. The van der Waals surface area contributed by atoms with Gasteiger partial charge in [-0.15, -0.1) is 4.72 Å². The van der Waals surface area contributed by atoms with Crippen molar-refractivity contribution < 1.29 is 4.55 Å². The smallest absolute Gasteiger partial charge is 0.136 e. The summed E-state index contributed by atoms with van der Waals surface area (Å²) >= 11 is -0.945. The summed E-state index contributed by atoms with van der Waals surface area (Å²) in [7, 11) is 0. The summed E-state index contributed by atoms with van der Waals surface area (Å²) in [5.41, 5.74) is 2.63. The summed E-state index contributed by atoms with van der Waals surface area (Å²) in [6.45, 7) is 10.0. The molecule has 0 aliphatic carbocycles. The standard InChI is InChI=1S/C19H34N2OS/c1-5-6-10-17-11-13-18(14-12-17)20-15-8-7-9-16-21-23(22)19(2,3)4/h11-14,20-21H,5-10,15-16H2,1-4H3. The molecule has 1 unspecified atom stereocenters. The van der Waals surface area contributed by atoms with Gasteiger partial charge >= 0.3 is 0 Å². The first-order chi connectivity index (χ1) is 10.9. The zero-order valence-corrected chi connectivity index (χ0v) is 16.1. The highest BCUT2D eigenvalue weighted by atomic mass is 32.2. The van der Waals surface area contributed by atoms with Crippen LogP contribution in [0.1, 0.15) is 65.4 Å². The molecule has 0 bridgehead atoms. The molecular formula is C19H34N2OS. The molecule has 132 valence electrons. The average molecular weight is 339 g/mol. The van der Waals surface area contributed by atoms with Crippen LogP contribution in [0.4, 0.5) is 5.69 Å². The van der Waals surface area contributed by atoms with Crippen molar-refractivity contribution in [3.63, 3.8) is 0 Å². The predicted octanol–water partition coefficient (Wildman–Crippen LogP) is 4.66. The monoisotopic (exact) mass is 338 g/mol. The molecule has 4 heteroatoms. The second kappa shape index (κ2) is 11.0. The molecule has 1 aromatic carbocycles. The van der Waals surface area contributed by atoms with Gasteiger partial charge in [-0.3, -0.25) is 0 Å². The Hall–Kier alpha value is -0.710. The Labute approximate surface area is 146 Å². The van der Waals surface area contributed by atoms with Crippen LogP contribution >= 0.6 is 0 Å². The molecule has 3 nitrogen and oxygen atoms in total. The predicted molar refractivity (Wildman–Crippen MR) is 103 cm³/mol. The minimum absolute atomic E-state index is 0.176. The van der Waals surface area contributed by atoms with Crippen LogP contribution in [-0.4, -0.2) is 22.4 Å². The molecule has 1 rings (SSSR count). The number of benzene rings is 1. The molecule has 0 saturated heterocycles. The van der Waals surface area contributed by atoms with Gasteiger partial charge in [-0.1, -0.05) is 31.9 Å². The van der Waals surface area contributed by atoms with Gasteiger partial charge in [-0.2, -0.15) is 0 Å². The zero-order chi connectivity index (χ0) is 17.1. The molecule has 0 spiro atoms. The van der Waals surface area contributed by atoms with Gasteiger partial charge in [0.25, 0.3) is 0 Å². The highest BCUT2D eigenvalue weighted by Gasteiger charge is 2.25. The minimum Gasteiger partial charge on any atom is -0.598 e. The van der Waals surface area contributed by atoms with Crippen LogP contribution in [-0.2, 0) is 17.8 Å². The van der Waals surface area contributed by atoms with Crippen molar-refractivity contribution in [1.29, 1.82) is 0 Å². The van der Waals surface area contributed by atoms with Gasteiger partial charge in [-0.05, 0) is 64.2 Å². The number of unbranched alkanes of at least 4 members (excludes halogenated alkanes) is 3. The van der Waals surface area contributed by atoms with Gasteiger partial charge in [0.05, 0.1) is 0 Å². The van der Waals surface area contributed by atoms with Crippen molar-refractivity contribution in [3.05, 3.63) is 29.8 Å². The Bertz CT molecular complexity index is 414. The maximum Gasteiger partial charge on any atom is 0.136 e. The lowest BCUT2D eigenvalue weighted by molar-refractivity contribution is 0.540. The fraction of sp³-hybridized carbons (Fsp3) is 0.684. The van der Waals surface area contributed by atoms with Crippen LogP contribution < -0.4 is 10.0 Å². The zero-order valence-electron chi connectivity index (χ0n) is 15.3. The summed E-state index contributed by atoms with van der Waals surface area (Å²) in [4.78, 5) is 0. The molecule has 0 aliphatic rings. The first-order valence-corrected chi connectivity index (χ1v) is 10.1. The summed E-state index contributed by atoms with van der Waals surface area (Å²) < 4.78 is 14.7. The third-order valence-corrected chi connectivity index (χ3v) is 5.32. The van der Waals surface area contributed by atoms with E-state index in [1.54, 1.807) is 0 Å². The number of hydrogen-bond acceptors (Lipinski definition) is 3. The van der Waals surface area contributed by atoms with Crippen LogP contribution in [0.5, 0.6) is 0 Å². The number of hydrogen-bond donors (Lipinski definition) is 2. The lowest BCUT2D eigenvalue weighted by Crippen LogP contribution is -2.39. The third kappa shape index (κ3) is 9.23. The highest BCUT2D eigenvalue weighted by molar-refractivity contribution is 7.90. The number of rotatable bonds is 11. The van der Waals surface area contributed by atoms with E-state index in [0.717, 1.165) is 32.4 Å². The molecule has 1 aromatic rings. The minimum atomic E-state index is -0.945. The Balaban J connectivity index is 2.06. The van der Waals surface area contributed by atoms with E-state index in [2.05, 4.69) is 41.2 Å². The normalized spacial score (nSPS) is 13.1. The maximum atomic E-state index is 11.8. The van der Waals surface area contributed by atoms with E-state index in [9.17, 15) is 4.55 Å². The first kappa shape index (κ1) is 20.3. The fourth-order valence-electron chi connectivity index (χ4n) is 2.21. The van der Waals surface area contributed by atoms with Gasteiger partial charge in [0, 0.05) is 30.1 Å². The lowest BCUT2D eigenvalue weighted by atomic mass is 10.1. The van der Waals surface area contributed by atoms with Gasteiger partial charge in [0.2, 0.25) is 0 Å². The lowest BCUT2D eigenvalue weighted by Gasteiger charge is -2.23. The van der Waals surface area contributed by atoms with Gasteiger partial charge < -0.3 is 9.87 Å². The van der Waals surface area contributed by atoms with E-state index in [1.807, 2.05) is 20.8 Å². The largest absolute Gasteiger partial charge is 0.598 e. The second-order valence-corrected chi connectivity index (χ2v) is 9.11. The van der Waals surface area contributed by atoms with Gasteiger partial charge in [0.15, 0.2) is 0 Å². The van der Waals surface area contributed by atoms with Crippen LogP contribution in [0.15, 0.2) is 24.3 Å². The Morgan fingerprint density at radius 1 is 0.957 bits per heavy atom. The summed E-state index contributed by atoms with van der Waals surface area (Å²) in [6, 6.07) is 8.81. The first-order valence-electron chi connectivity index (χ1n) is 8.91. The molecule has 2 N–H and O–H groups in total. The van der Waals surface area contributed by atoms with E-state index in [1.165, 1.54) is 30.5 Å². The molecule has 0 fully saturated rings. The van der Waals surface area contributed by atoms with E-state index < -0.39 is 11.4 Å².